The Bertz CT molecular complexity index is 1300. The Morgan fingerprint density at radius 2 is 1.65 bits per heavy atom. The summed E-state index contributed by atoms with van der Waals surface area (Å²) in [6, 6.07) is 16.8. The van der Waals surface area contributed by atoms with E-state index in [9.17, 15) is 19.6 Å². The van der Waals surface area contributed by atoms with Gasteiger partial charge in [-0.2, -0.15) is 5.26 Å². The maximum atomic E-state index is 12.8. The average molecular weight is 476 g/mol. The molecule has 0 spiro atoms. The fraction of sp³-hybridized carbons (Fsp3) is 0.160. The van der Waals surface area contributed by atoms with Crippen LogP contribution in [-0.2, 0) is 10.2 Å². The molecule has 0 saturated carbocycles. The van der Waals surface area contributed by atoms with Gasteiger partial charge in [0, 0.05) is 18.2 Å². The number of carbonyl (C=O) groups excluding carboxylic acids is 3. The maximum absolute atomic E-state index is 12.8. The lowest BCUT2D eigenvalue weighted by Gasteiger charge is -2.16. The Hall–Kier alpha value is -4.22. The summed E-state index contributed by atoms with van der Waals surface area (Å²) in [5.74, 6) is -0.777. The molecule has 3 N–H and O–H groups in total. The molecule has 3 amide bonds. The molecule has 1 aromatic heterocycles. The normalized spacial score (nSPS) is 10.7. The van der Waals surface area contributed by atoms with Gasteiger partial charge in [-0.25, -0.2) is 4.98 Å². The Balaban J connectivity index is 1.75. The van der Waals surface area contributed by atoms with Crippen LogP contribution in [0.5, 0.6) is 0 Å². The molecule has 0 aliphatic heterocycles. The molecule has 0 unspecified atom stereocenters. The van der Waals surface area contributed by atoms with Gasteiger partial charge < -0.3 is 16.0 Å². The molecule has 3 rings (SSSR count). The molecule has 0 bridgehead atoms. The lowest BCUT2D eigenvalue weighted by atomic mass is 9.85. The number of carbonyl (C=O) groups is 3. The number of hydrogen-bond acceptors (Lipinski definition) is 5. The Labute approximate surface area is 202 Å². The van der Waals surface area contributed by atoms with Gasteiger partial charge in [-0.1, -0.05) is 23.7 Å². The largest absolute Gasteiger partial charge is 0.322 e. The molecule has 34 heavy (non-hydrogen) atoms. The number of nitrogens with one attached hydrogen (secondary N) is 3. The highest BCUT2D eigenvalue weighted by atomic mass is 35.5. The van der Waals surface area contributed by atoms with Crippen LogP contribution in [0.1, 0.15) is 47.1 Å². The van der Waals surface area contributed by atoms with Crippen LogP contribution in [-0.4, -0.2) is 22.7 Å². The molecular formula is C25H22ClN5O3. The summed E-state index contributed by atoms with van der Waals surface area (Å²) < 4.78 is 0. The van der Waals surface area contributed by atoms with Gasteiger partial charge in [-0.15, -0.1) is 0 Å². The fourth-order valence-electron chi connectivity index (χ4n) is 3.01. The van der Waals surface area contributed by atoms with Gasteiger partial charge in [0.2, 0.25) is 5.91 Å². The zero-order chi connectivity index (χ0) is 24.9. The number of rotatable bonds is 6. The van der Waals surface area contributed by atoms with Gasteiger partial charge in [-0.05, 0) is 61.9 Å². The average Bonchev–Trinajstić information content (AvgIpc) is 2.81. The number of aromatic nitrogens is 1. The van der Waals surface area contributed by atoms with Crippen molar-refractivity contribution in [3.05, 3.63) is 82.5 Å². The van der Waals surface area contributed by atoms with Crippen molar-refractivity contribution < 1.29 is 14.4 Å². The molecule has 0 atom stereocenters. The van der Waals surface area contributed by atoms with E-state index in [2.05, 4.69) is 27.0 Å². The summed E-state index contributed by atoms with van der Waals surface area (Å²) in [5.41, 5.74) is 1.30. The third kappa shape index (κ3) is 5.97. The van der Waals surface area contributed by atoms with Crippen molar-refractivity contribution in [3.8, 4) is 6.07 Å². The molecule has 0 fully saturated rings. The predicted octanol–water partition coefficient (Wildman–Crippen LogP) is 5.00. The van der Waals surface area contributed by atoms with Crippen LogP contribution in [0, 0.1) is 11.3 Å². The van der Waals surface area contributed by atoms with E-state index >= 15 is 0 Å². The molecule has 3 aromatic rings. The van der Waals surface area contributed by atoms with Crippen LogP contribution in [0.3, 0.4) is 0 Å². The van der Waals surface area contributed by atoms with Crippen molar-refractivity contribution in [2.24, 2.45) is 0 Å². The quantitative estimate of drug-likeness (QED) is 0.462. The highest BCUT2D eigenvalue weighted by molar-refractivity contribution is 6.34. The van der Waals surface area contributed by atoms with Crippen molar-refractivity contribution in [3.63, 3.8) is 0 Å². The molecule has 0 aliphatic carbocycles. The van der Waals surface area contributed by atoms with E-state index in [1.54, 1.807) is 56.3 Å². The highest BCUT2D eigenvalue weighted by Crippen LogP contribution is 2.25. The number of benzene rings is 2. The summed E-state index contributed by atoms with van der Waals surface area (Å²) in [4.78, 5) is 40.7. The van der Waals surface area contributed by atoms with E-state index in [0.29, 0.717) is 22.8 Å². The zero-order valence-corrected chi connectivity index (χ0v) is 19.5. The summed E-state index contributed by atoms with van der Waals surface area (Å²) in [7, 11) is 0. The third-order valence-corrected chi connectivity index (χ3v) is 5.25. The summed E-state index contributed by atoms with van der Waals surface area (Å²) in [6.45, 7) is 4.92. The highest BCUT2D eigenvalue weighted by Gasteiger charge is 2.21. The van der Waals surface area contributed by atoms with Crippen LogP contribution in [0.15, 0.2) is 60.8 Å². The Morgan fingerprint density at radius 3 is 2.29 bits per heavy atom. The minimum atomic E-state index is -0.739. The van der Waals surface area contributed by atoms with Crippen molar-refractivity contribution in [2.75, 3.05) is 16.0 Å². The number of hydrogen-bond donors (Lipinski definition) is 3. The smallest absolute Gasteiger partial charge is 0.257 e. The summed E-state index contributed by atoms with van der Waals surface area (Å²) in [5, 5.41) is 17.5. The van der Waals surface area contributed by atoms with Gasteiger partial charge in [-0.3, -0.25) is 14.4 Å². The number of nitrogens with zero attached hydrogens (tertiary/aromatic N) is 2. The van der Waals surface area contributed by atoms with Crippen molar-refractivity contribution in [1.29, 1.82) is 5.26 Å². The second-order valence-electron chi connectivity index (χ2n) is 8.03. The summed E-state index contributed by atoms with van der Waals surface area (Å²) >= 11 is 6.21. The first-order chi connectivity index (χ1) is 16.1. The van der Waals surface area contributed by atoms with Crippen molar-refractivity contribution >= 4 is 46.5 Å². The monoisotopic (exact) mass is 475 g/mol. The molecular weight excluding hydrogens is 454 g/mol. The first kappa shape index (κ1) is 24.4. The van der Waals surface area contributed by atoms with Crippen LogP contribution in [0.2, 0.25) is 5.02 Å². The first-order valence-corrected chi connectivity index (χ1v) is 10.6. The summed E-state index contributed by atoms with van der Waals surface area (Å²) in [6.07, 6.45) is 1.40. The topological polar surface area (TPSA) is 124 Å². The van der Waals surface area contributed by atoms with E-state index in [1.165, 1.54) is 25.3 Å². The minimum absolute atomic E-state index is 0.157. The molecule has 8 nitrogen and oxygen atoms in total. The van der Waals surface area contributed by atoms with Gasteiger partial charge in [0.25, 0.3) is 11.8 Å². The first-order valence-electron chi connectivity index (χ1n) is 10.3. The maximum Gasteiger partial charge on any atom is 0.257 e. The molecule has 2 aromatic carbocycles. The van der Waals surface area contributed by atoms with Gasteiger partial charge in [0.15, 0.2) is 0 Å². The second kappa shape index (κ2) is 10.1. The zero-order valence-electron chi connectivity index (χ0n) is 18.8. The van der Waals surface area contributed by atoms with E-state index in [-0.39, 0.29) is 22.4 Å². The van der Waals surface area contributed by atoms with Crippen LogP contribution in [0.25, 0.3) is 0 Å². The van der Waals surface area contributed by atoms with Crippen LogP contribution in [0.4, 0.5) is 17.2 Å². The number of anilines is 3. The predicted molar refractivity (Wildman–Crippen MR) is 131 cm³/mol. The number of pyridine rings is 1. The molecule has 0 aliphatic rings. The lowest BCUT2D eigenvalue weighted by molar-refractivity contribution is -0.114. The Kier molecular flexibility index (Phi) is 7.29. The molecule has 1 heterocycles. The molecule has 0 saturated heterocycles. The fourth-order valence-corrected chi connectivity index (χ4v) is 3.22. The van der Waals surface area contributed by atoms with E-state index in [0.717, 1.165) is 5.56 Å². The SMILES string of the molecule is CC(=O)Nc1ccc(NC(=O)c2cc(NC(=O)c3cccc(C(C)(C)C#N)c3)ccc2Cl)cn1. The standard InChI is InChI=1S/C25H22ClN5O3/c1-15(32)29-22-10-8-19(13-28-22)31-24(34)20-12-18(7-9-21(20)26)30-23(33)16-5-4-6-17(11-16)25(2,3)14-27/h4-13H,1-3H3,(H,30,33)(H,31,34)(H,28,29,32). The van der Waals surface area contributed by atoms with Crippen molar-refractivity contribution in [2.45, 2.75) is 26.2 Å². The number of nitriles is 1. The van der Waals surface area contributed by atoms with Crippen molar-refractivity contribution in [1.82, 2.24) is 4.98 Å². The van der Waals surface area contributed by atoms with Gasteiger partial charge in [0.1, 0.15) is 5.82 Å². The third-order valence-electron chi connectivity index (χ3n) is 4.92. The molecule has 172 valence electrons. The number of amides is 3. The van der Waals surface area contributed by atoms with Gasteiger partial charge >= 0.3 is 0 Å². The second-order valence-corrected chi connectivity index (χ2v) is 8.44. The van der Waals surface area contributed by atoms with Crippen LogP contribution < -0.4 is 16.0 Å². The van der Waals surface area contributed by atoms with Crippen LogP contribution >= 0.6 is 11.6 Å². The van der Waals surface area contributed by atoms with E-state index in [1.807, 2.05) is 0 Å². The Morgan fingerprint density at radius 1 is 0.941 bits per heavy atom. The molecule has 0 radical (unpaired) electrons. The van der Waals surface area contributed by atoms with E-state index in [4.69, 9.17) is 11.6 Å². The number of halogens is 1. The molecule has 9 heteroatoms. The van der Waals surface area contributed by atoms with Gasteiger partial charge in [0.05, 0.1) is 34.0 Å². The minimum Gasteiger partial charge on any atom is -0.322 e. The lowest BCUT2D eigenvalue weighted by Crippen LogP contribution is -2.17. The van der Waals surface area contributed by atoms with E-state index < -0.39 is 11.3 Å².